The normalized spacial score (nSPS) is 15.4. The minimum Gasteiger partial charge on any atom is -0.348 e. The minimum absolute atomic E-state index is 0.0524. The Morgan fingerprint density at radius 3 is 2.47 bits per heavy atom. The van der Waals surface area contributed by atoms with Gasteiger partial charge in [-0.05, 0) is 25.3 Å². The zero-order valence-corrected chi connectivity index (χ0v) is 11.3. The molecule has 0 bridgehead atoms. The molecule has 0 saturated carbocycles. The van der Waals surface area contributed by atoms with Gasteiger partial charge in [-0.2, -0.15) is 13.2 Å². The standard InChI is InChI=1S/C12H19F3N4/c1-8(2)6-11(3,7-16)19-10-17-5-4-9(18-10)12(13,14)15/h4-5,8H,6-7,16H2,1-3H3,(H,17,18,19). The van der Waals surface area contributed by atoms with Crippen molar-refractivity contribution in [3.8, 4) is 0 Å². The Bertz CT molecular complexity index is 420. The summed E-state index contributed by atoms with van der Waals surface area (Å²) >= 11 is 0. The Kier molecular flexibility index (Phi) is 4.73. The number of aromatic nitrogens is 2. The van der Waals surface area contributed by atoms with Crippen molar-refractivity contribution in [1.82, 2.24) is 9.97 Å². The van der Waals surface area contributed by atoms with Gasteiger partial charge in [-0.25, -0.2) is 9.97 Å². The number of hydrogen-bond donors (Lipinski definition) is 2. The molecule has 1 atom stereocenters. The number of halogens is 3. The van der Waals surface area contributed by atoms with E-state index in [2.05, 4.69) is 15.3 Å². The molecule has 0 amide bonds. The molecule has 1 unspecified atom stereocenters. The molecule has 7 heteroatoms. The topological polar surface area (TPSA) is 63.8 Å². The molecule has 0 aliphatic carbocycles. The summed E-state index contributed by atoms with van der Waals surface area (Å²) in [7, 11) is 0. The van der Waals surface area contributed by atoms with Gasteiger partial charge >= 0.3 is 6.18 Å². The van der Waals surface area contributed by atoms with E-state index in [-0.39, 0.29) is 12.5 Å². The van der Waals surface area contributed by atoms with Crippen LogP contribution in [-0.4, -0.2) is 22.1 Å². The SMILES string of the molecule is CC(C)CC(C)(CN)Nc1nccc(C(F)(F)F)n1. The predicted molar refractivity (Wildman–Crippen MR) is 67.6 cm³/mol. The second-order valence-electron chi connectivity index (χ2n) is 5.25. The summed E-state index contributed by atoms with van der Waals surface area (Å²) in [5.41, 5.74) is 4.19. The van der Waals surface area contributed by atoms with Crippen LogP contribution in [0.2, 0.25) is 0 Å². The average molecular weight is 276 g/mol. The lowest BCUT2D eigenvalue weighted by Gasteiger charge is -2.31. The molecule has 0 saturated heterocycles. The van der Waals surface area contributed by atoms with Crippen LogP contribution in [0.3, 0.4) is 0 Å². The first-order valence-electron chi connectivity index (χ1n) is 6.05. The van der Waals surface area contributed by atoms with E-state index in [4.69, 9.17) is 5.73 Å². The van der Waals surface area contributed by atoms with Gasteiger partial charge in [-0.1, -0.05) is 13.8 Å². The molecular weight excluding hydrogens is 257 g/mol. The molecule has 3 N–H and O–H groups in total. The lowest BCUT2D eigenvalue weighted by atomic mass is 9.91. The molecule has 1 aromatic heterocycles. The number of rotatable bonds is 5. The number of hydrogen-bond acceptors (Lipinski definition) is 4. The zero-order chi connectivity index (χ0) is 14.7. The van der Waals surface area contributed by atoms with Gasteiger partial charge in [0, 0.05) is 18.3 Å². The summed E-state index contributed by atoms with van der Waals surface area (Å²) in [5.74, 6) is 0.301. The summed E-state index contributed by atoms with van der Waals surface area (Å²) in [6, 6.07) is 0.841. The molecule has 0 spiro atoms. The van der Waals surface area contributed by atoms with Crippen LogP contribution < -0.4 is 11.1 Å². The number of nitrogens with zero attached hydrogens (tertiary/aromatic N) is 2. The maximum atomic E-state index is 12.6. The summed E-state index contributed by atoms with van der Waals surface area (Å²) in [5, 5.41) is 2.90. The molecule has 0 radical (unpaired) electrons. The predicted octanol–water partition coefficient (Wildman–Crippen LogP) is 2.67. The molecule has 1 heterocycles. The second kappa shape index (κ2) is 5.73. The van der Waals surface area contributed by atoms with E-state index < -0.39 is 17.4 Å². The third kappa shape index (κ3) is 4.66. The highest BCUT2D eigenvalue weighted by Crippen LogP contribution is 2.28. The third-order valence-corrected chi connectivity index (χ3v) is 2.67. The van der Waals surface area contributed by atoms with Crippen LogP contribution in [0.4, 0.5) is 19.1 Å². The fraction of sp³-hybridized carbons (Fsp3) is 0.667. The highest BCUT2D eigenvalue weighted by molar-refractivity contribution is 5.30. The summed E-state index contributed by atoms with van der Waals surface area (Å²) < 4.78 is 37.7. The lowest BCUT2D eigenvalue weighted by Crippen LogP contribution is -2.44. The molecule has 19 heavy (non-hydrogen) atoms. The molecule has 1 rings (SSSR count). The summed E-state index contributed by atoms with van der Waals surface area (Å²) in [4.78, 5) is 7.30. The van der Waals surface area contributed by atoms with E-state index >= 15 is 0 Å². The van der Waals surface area contributed by atoms with Gasteiger partial charge in [0.05, 0.1) is 0 Å². The highest BCUT2D eigenvalue weighted by Gasteiger charge is 2.33. The smallest absolute Gasteiger partial charge is 0.348 e. The molecule has 0 aromatic carbocycles. The van der Waals surface area contributed by atoms with Crippen molar-refractivity contribution >= 4 is 5.95 Å². The average Bonchev–Trinajstić information content (AvgIpc) is 2.27. The van der Waals surface area contributed by atoms with Crippen LogP contribution in [0.1, 0.15) is 32.9 Å². The summed E-state index contributed by atoms with van der Waals surface area (Å²) in [6.07, 6.45) is -2.68. The van der Waals surface area contributed by atoms with Crippen LogP contribution >= 0.6 is 0 Å². The Morgan fingerprint density at radius 2 is 2.00 bits per heavy atom. The lowest BCUT2D eigenvalue weighted by molar-refractivity contribution is -0.141. The first-order valence-corrected chi connectivity index (χ1v) is 6.05. The van der Waals surface area contributed by atoms with Crippen molar-refractivity contribution < 1.29 is 13.2 Å². The molecule has 0 aliphatic heterocycles. The highest BCUT2D eigenvalue weighted by atomic mass is 19.4. The maximum absolute atomic E-state index is 12.6. The minimum atomic E-state index is -4.48. The van der Waals surface area contributed by atoms with Crippen molar-refractivity contribution in [3.05, 3.63) is 18.0 Å². The van der Waals surface area contributed by atoms with Crippen LogP contribution in [0.5, 0.6) is 0 Å². The molecule has 0 fully saturated rings. The van der Waals surface area contributed by atoms with Crippen molar-refractivity contribution in [1.29, 1.82) is 0 Å². The van der Waals surface area contributed by atoms with Gasteiger partial charge in [-0.3, -0.25) is 0 Å². The Labute approximate surface area is 110 Å². The van der Waals surface area contributed by atoms with Crippen molar-refractivity contribution in [3.63, 3.8) is 0 Å². The van der Waals surface area contributed by atoms with E-state index in [9.17, 15) is 13.2 Å². The van der Waals surface area contributed by atoms with E-state index in [0.717, 1.165) is 12.3 Å². The van der Waals surface area contributed by atoms with Gasteiger partial charge < -0.3 is 11.1 Å². The van der Waals surface area contributed by atoms with Gasteiger partial charge in [-0.15, -0.1) is 0 Å². The van der Waals surface area contributed by atoms with Gasteiger partial charge in [0.25, 0.3) is 0 Å². The molecule has 0 aliphatic rings. The molecular formula is C12H19F3N4. The van der Waals surface area contributed by atoms with Crippen LogP contribution in [-0.2, 0) is 6.18 Å². The first kappa shape index (κ1) is 15.7. The molecule has 108 valence electrons. The number of nitrogens with two attached hydrogens (primary N) is 1. The Hall–Kier alpha value is -1.37. The van der Waals surface area contributed by atoms with Gasteiger partial charge in [0.15, 0.2) is 0 Å². The van der Waals surface area contributed by atoms with Crippen LogP contribution in [0.25, 0.3) is 0 Å². The molecule has 4 nitrogen and oxygen atoms in total. The number of alkyl halides is 3. The van der Waals surface area contributed by atoms with Crippen molar-refractivity contribution in [2.75, 3.05) is 11.9 Å². The summed E-state index contributed by atoms with van der Waals surface area (Å²) in [6.45, 7) is 6.16. The van der Waals surface area contributed by atoms with E-state index in [1.165, 1.54) is 0 Å². The zero-order valence-electron chi connectivity index (χ0n) is 11.3. The fourth-order valence-corrected chi connectivity index (χ4v) is 1.93. The Balaban J connectivity index is 2.92. The van der Waals surface area contributed by atoms with Crippen molar-refractivity contribution in [2.45, 2.75) is 38.9 Å². The number of nitrogens with one attached hydrogen (secondary N) is 1. The van der Waals surface area contributed by atoms with Gasteiger partial charge in [0.2, 0.25) is 5.95 Å². The molecule has 1 aromatic rings. The quantitative estimate of drug-likeness (QED) is 0.868. The second-order valence-corrected chi connectivity index (χ2v) is 5.25. The van der Waals surface area contributed by atoms with E-state index in [1.54, 1.807) is 0 Å². The first-order chi connectivity index (χ1) is 8.66. The van der Waals surface area contributed by atoms with Crippen molar-refractivity contribution in [2.24, 2.45) is 11.7 Å². The van der Waals surface area contributed by atoms with Gasteiger partial charge in [0.1, 0.15) is 5.69 Å². The largest absolute Gasteiger partial charge is 0.433 e. The number of anilines is 1. The Morgan fingerprint density at radius 1 is 1.37 bits per heavy atom. The van der Waals surface area contributed by atoms with E-state index in [0.29, 0.717) is 12.3 Å². The maximum Gasteiger partial charge on any atom is 0.433 e. The van der Waals surface area contributed by atoms with Crippen LogP contribution in [0, 0.1) is 5.92 Å². The monoisotopic (exact) mass is 276 g/mol. The fourth-order valence-electron chi connectivity index (χ4n) is 1.93. The van der Waals surface area contributed by atoms with Crippen LogP contribution in [0.15, 0.2) is 12.3 Å². The van der Waals surface area contributed by atoms with E-state index in [1.807, 2.05) is 20.8 Å². The third-order valence-electron chi connectivity index (χ3n) is 2.67.